The van der Waals surface area contributed by atoms with Crippen molar-refractivity contribution >= 4 is 11.9 Å². The largest absolute Gasteiger partial charge is 0.489 e. The minimum atomic E-state index is -0.394. The van der Waals surface area contributed by atoms with Crippen molar-refractivity contribution < 1.29 is 14.3 Å². The fourth-order valence-corrected chi connectivity index (χ4v) is 2.36. The van der Waals surface area contributed by atoms with Crippen LogP contribution in [0.2, 0.25) is 0 Å². The third-order valence-electron chi connectivity index (χ3n) is 3.65. The molecule has 1 aliphatic heterocycles. The van der Waals surface area contributed by atoms with E-state index in [2.05, 4.69) is 5.32 Å². The number of carbonyl (C=O) groups is 2. The Labute approximate surface area is 125 Å². The normalized spacial score (nSPS) is 19.6. The number of nitrogens with one attached hydrogen (secondary N) is 1. The van der Waals surface area contributed by atoms with Gasteiger partial charge in [0.15, 0.2) is 0 Å². The molecule has 1 fully saturated rings. The lowest BCUT2D eigenvalue weighted by atomic mass is 10.2. The number of benzene rings is 1. The first-order valence-corrected chi connectivity index (χ1v) is 7.40. The fraction of sp³-hybridized carbons (Fsp3) is 0.500. The number of carbonyl (C=O) groups excluding carboxylic acids is 2. The highest BCUT2D eigenvalue weighted by molar-refractivity contribution is 6.04. The molecule has 1 unspecified atom stereocenters. The van der Waals surface area contributed by atoms with E-state index in [1.54, 1.807) is 0 Å². The maximum absolute atomic E-state index is 12.1. The van der Waals surface area contributed by atoms with E-state index < -0.39 is 6.04 Å². The van der Waals surface area contributed by atoms with Crippen LogP contribution in [0.3, 0.4) is 0 Å². The van der Waals surface area contributed by atoms with E-state index >= 15 is 0 Å². The Morgan fingerprint density at radius 2 is 2.10 bits per heavy atom. The second-order valence-electron chi connectivity index (χ2n) is 5.32. The van der Waals surface area contributed by atoms with E-state index in [1.807, 2.05) is 45.0 Å². The van der Waals surface area contributed by atoms with Gasteiger partial charge in [-0.1, -0.05) is 26.0 Å². The van der Waals surface area contributed by atoms with E-state index in [4.69, 9.17) is 4.74 Å². The molecular formula is C16H22N2O3. The summed E-state index contributed by atoms with van der Waals surface area (Å²) in [7, 11) is 0. The maximum Gasteiger partial charge on any atom is 0.324 e. The molecule has 0 saturated carbocycles. The Bertz CT molecular complexity index is 530. The van der Waals surface area contributed by atoms with Crippen molar-refractivity contribution in [3.05, 3.63) is 29.8 Å². The molecule has 0 spiro atoms. The Hall–Kier alpha value is -2.04. The fourth-order valence-electron chi connectivity index (χ4n) is 2.36. The molecule has 1 aromatic carbocycles. The number of urea groups is 1. The Kier molecular flexibility index (Phi) is 4.83. The number of imide groups is 1. The molecule has 3 amide bonds. The number of nitrogens with zero attached hydrogens (tertiary/aromatic N) is 1. The first-order chi connectivity index (χ1) is 10.0. The van der Waals surface area contributed by atoms with Gasteiger partial charge in [-0.2, -0.15) is 0 Å². The molecular weight excluding hydrogens is 268 g/mol. The average Bonchev–Trinajstić information content (AvgIpc) is 2.73. The molecule has 0 bridgehead atoms. The maximum atomic E-state index is 12.1. The summed E-state index contributed by atoms with van der Waals surface area (Å²) in [5.74, 6) is 0.606. The van der Waals surface area contributed by atoms with Crippen LogP contribution in [0.5, 0.6) is 5.75 Å². The summed E-state index contributed by atoms with van der Waals surface area (Å²) in [6.45, 7) is 6.14. The average molecular weight is 290 g/mol. The molecule has 0 aromatic heterocycles. The lowest BCUT2D eigenvalue weighted by Crippen LogP contribution is -2.40. The number of hydrogen-bond donors (Lipinski definition) is 1. The predicted octanol–water partition coefficient (Wildman–Crippen LogP) is 2.48. The Morgan fingerprint density at radius 3 is 2.67 bits per heavy atom. The third kappa shape index (κ3) is 3.54. The number of amides is 3. The minimum absolute atomic E-state index is 0.159. The predicted molar refractivity (Wildman–Crippen MR) is 80.2 cm³/mol. The standard InChI is InChI=1S/C16H22N2O3/c1-4-12(21-13-8-6-7-11(3)9-13)10-18-15(19)14(5-2)17-16(18)20/h6-9,12,14H,4-5,10H2,1-3H3,(H,17,20)/t12?,14-/m0/s1. The molecule has 5 nitrogen and oxygen atoms in total. The van der Waals surface area contributed by atoms with Crippen LogP contribution >= 0.6 is 0 Å². The zero-order valence-corrected chi connectivity index (χ0v) is 12.8. The van der Waals surface area contributed by atoms with Gasteiger partial charge in [0.2, 0.25) is 0 Å². The van der Waals surface area contributed by atoms with Crippen LogP contribution < -0.4 is 10.1 Å². The van der Waals surface area contributed by atoms with E-state index in [1.165, 1.54) is 4.90 Å². The molecule has 21 heavy (non-hydrogen) atoms. The van der Waals surface area contributed by atoms with Crippen molar-refractivity contribution in [1.82, 2.24) is 10.2 Å². The highest BCUT2D eigenvalue weighted by Crippen LogP contribution is 2.17. The van der Waals surface area contributed by atoms with Gasteiger partial charge in [-0.25, -0.2) is 4.79 Å². The first kappa shape index (κ1) is 15.4. The highest BCUT2D eigenvalue weighted by Gasteiger charge is 2.37. The van der Waals surface area contributed by atoms with Crippen LogP contribution in [0, 0.1) is 6.92 Å². The number of ether oxygens (including phenoxy) is 1. The van der Waals surface area contributed by atoms with Gasteiger partial charge in [-0.05, 0) is 37.5 Å². The smallest absolute Gasteiger partial charge is 0.324 e. The Morgan fingerprint density at radius 1 is 1.33 bits per heavy atom. The summed E-state index contributed by atoms with van der Waals surface area (Å²) in [6, 6.07) is 7.04. The van der Waals surface area contributed by atoms with Gasteiger partial charge in [0, 0.05) is 0 Å². The SMILES string of the molecule is CCC(CN1C(=O)N[C@@H](CC)C1=O)Oc1cccc(C)c1. The molecule has 1 aromatic rings. The summed E-state index contributed by atoms with van der Waals surface area (Å²) in [6.07, 6.45) is 1.13. The van der Waals surface area contributed by atoms with Gasteiger partial charge in [-0.3, -0.25) is 9.69 Å². The zero-order valence-electron chi connectivity index (χ0n) is 12.8. The topological polar surface area (TPSA) is 58.6 Å². The van der Waals surface area contributed by atoms with Crippen molar-refractivity contribution in [3.63, 3.8) is 0 Å². The van der Waals surface area contributed by atoms with Crippen molar-refractivity contribution in [2.45, 2.75) is 45.8 Å². The van der Waals surface area contributed by atoms with Crippen LogP contribution in [0.1, 0.15) is 32.3 Å². The molecule has 114 valence electrons. The van der Waals surface area contributed by atoms with Gasteiger partial charge in [0.25, 0.3) is 5.91 Å². The molecule has 5 heteroatoms. The lowest BCUT2D eigenvalue weighted by molar-refractivity contribution is -0.128. The molecule has 0 aliphatic carbocycles. The number of aryl methyl sites for hydroxylation is 1. The first-order valence-electron chi connectivity index (χ1n) is 7.40. The van der Waals surface area contributed by atoms with Gasteiger partial charge < -0.3 is 10.1 Å². The molecule has 1 N–H and O–H groups in total. The quantitative estimate of drug-likeness (QED) is 0.819. The monoisotopic (exact) mass is 290 g/mol. The minimum Gasteiger partial charge on any atom is -0.489 e. The van der Waals surface area contributed by atoms with Crippen molar-refractivity contribution in [2.24, 2.45) is 0 Å². The number of hydrogen-bond acceptors (Lipinski definition) is 3. The number of rotatable bonds is 6. The van der Waals surface area contributed by atoms with Crippen molar-refractivity contribution in [3.8, 4) is 5.75 Å². The van der Waals surface area contributed by atoms with E-state index in [-0.39, 0.29) is 24.6 Å². The second kappa shape index (κ2) is 6.61. The van der Waals surface area contributed by atoms with Gasteiger partial charge in [-0.15, -0.1) is 0 Å². The van der Waals surface area contributed by atoms with E-state index in [0.717, 1.165) is 17.7 Å². The van der Waals surface area contributed by atoms with E-state index in [0.29, 0.717) is 6.42 Å². The molecule has 1 heterocycles. The van der Waals surface area contributed by atoms with Gasteiger partial charge >= 0.3 is 6.03 Å². The lowest BCUT2D eigenvalue weighted by Gasteiger charge is -2.22. The molecule has 0 radical (unpaired) electrons. The summed E-state index contributed by atoms with van der Waals surface area (Å²) in [4.78, 5) is 25.2. The summed E-state index contributed by atoms with van der Waals surface area (Å²) in [5, 5.41) is 2.69. The third-order valence-corrected chi connectivity index (χ3v) is 3.65. The van der Waals surface area contributed by atoms with Crippen LogP contribution in [-0.2, 0) is 4.79 Å². The summed E-state index contributed by atoms with van der Waals surface area (Å²) < 4.78 is 5.90. The summed E-state index contributed by atoms with van der Waals surface area (Å²) in [5.41, 5.74) is 1.11. The molecule has 1 saturated heterocycles. The Balaban J connectivity index is 2.02. The van der Waals surface area contributed by atoms with Crippen LogP contribution in [0.25, 0.3) is 0 Å². The molecule has 2 atom stereocenters. The van der Waals surface area contributed by atoms with Crippen molar-refractivity contribution in [1.29, 1.82) is 0 Å². The van der Waals surface area contributed by atoms with Crippen LogP contribution in [0.15, 0.2) is 24.3 Å². The molecule has 1 aliphatic rings. The van der Waals surface area contributed by atoms with Gasteiger partial charge in [0.05, 0.1) is 6.54 Å². The summed E-state index contributed by atoms with van der Waals surface area (Å²) >= 11 is 0. The van der Waals surface area contributed by atoms with E-state index in [9.17, 15) is 9.59 Å². The molecule has 2 rings (SSSR count). The zero-order chi connectivity index (χ0) is 15.4. The van der Waals surface area contributed by atoms with Crippen LogP contribution in [-0.4, -0.2) is 35.5 Å². The second-order valence-corrected chi connectivity index (χ2v) is 5.32. The van der Waals surface area contributed by atoms with Crippen LogP contribution in [0.4, 0.5) is 4.79 Å². The highest BCUT2D eigenvalue weighted by atomic mass is 16.5. The van der Waals surface area contributed by atoms with Crippen molar-refractivity contribution in [2.75, 3.05) is 6.54 Å². The van der Waals surface area contributed by atoms with Gasteiger partial charge in [0.1, 0.15) is 17.9 Å².